The van der Waals surface area contributed by atoms with Crippen molar-refractivity contribution in [3.05, 3.63) is 74.0 Å². The molecule has 4 aromatic rings. The zero-order valence-electron chi connectivity index (χ0n) is 15.0. The van der Waals surface area contributed by atoms with Gasteiger partial charge in [-0.2, -0.15) is 0 Å². The first-order valence-electron chi connectivity index (χ1n) is 8.39. The number of anilines is 1. The molecule has 7 heteroatoms. The molecule has 0 spiro atoms. The summed E-state index contributed by atoms with van der Waals surface area (Å²) < 4.78 is 6.50. The second kappa shape index (κ2) is 5.98. The van der Waals surface area contributed by atoms with Crippen molar-refractivity contribution in [3.63, 3.8) is 0 Å². The molecule has 0 aliphatic rings. The van der Waals surface area contributed by atoms with Crippen LogP contribution in [0.25, 0.3) is 22.0 Å². The highest BCUT2D eigenvalue weighted by molar-refractivity contribution is 6.06. The molecule has 1 amide bonds. The number of hydrogen-bond donors (Lipinski definition) is 2. The first kappa shape index (κ1) is 16.8. The van der Waals surface area contributed by atoms with Crippen LogP contribution in [0.3, 0.4) is 0 Å². The molecule has 27 heavy (non-hydrogen) atoms. The molecule has 2 aromatic carbocycles. The van der Waals surface area contributed by atoms with E-state index in [2.05, 4.69) is 10.3 Å². The van der Waals surface area contributed by atoms with E-state index in [-0.39, 0.29) is 5.56 Å². The molecule has 0 aliphatic carbocycles. The van der Waals surface area contributed by atoms with Crippen LogP contribution < -0.4 is 16.6 Å². The lowest BCUT2D eigenvalue weighted by molar-refractivity contribution is 0.102. The maximum Gasteiger partial charge on any atom is 0.419 e. The Kier molecular flexibility index (Phi) is 3.73. The lowest BCUT2D eigenvalue weighted by atomic mass is 10.1. The van der Waals surface area contributed by atoms with Crippen LogP contribution in [-0.4, -0.2) is 15.5 Å². The van der Waals surface area contributed by atoms with Gasteiger partial charge in [0.25, 0.3) is 11.5 Å². The first-order chi connectivity index (χ1) is 12.8. The van der Waals surface area contributed by atoms with E-state index in [9.17, 15) is 14.4 Å². The van der Waals surface area contributed by atoms with Crippen molar-refractivity contribution in [1.29, 1.82) is 0 Å². The number of fused-ring (bicyclic) bond motifs is 2. The number of benzene rings is 2. The molecule has 7 nitrogen and oxygen atoms in total. The van der Waals surface area contributed by atoms with Crippen molar-refractivity contribution in [2.45, 2.75) is 13.8 Å². The Bertz CT molecular complexity index is 1340. The van der Waals surface area contributed by atoms with E-state index in [1.54, 1.807) is 31.3 Å². The molecular weight excluding hydrogens is 346 g/mol. The molecule has 2 N–H and O–H groups in total. The number of aromatic nitrogens is 2. The Labute approximate surface area is 153 Å². The standard InChI is InChI=1S/C20H17N3O4/c1-10-6-11(2)17-12(7-10)8-14(19(25)22-17)18(24)21-13-4-5-15-16(9-13)27-20(26)23(15)3/h4-9H,1-3H3,(H,21,24)(H,22,25). The van der Waals surface area contributed by atoms with Gasteiger partial charge in [-0.1, -0.05) is 11.6 Å². The van der Waals surface area contributed by atoms with E-state index in [1.165, 1.54) is 4.57 Å². The highest BCUT2D eigenvalue weighted by atomic mass is 16.4. The van der Waals surface area contributed by atoms with E-state index in [0.29, 0.717) is 16.8 Å². The van der Waals surface area contributed by atoms with Gasteiger partial charge >= 0.3 is 5.76 Å². The monoisotopic (exact) mass is 363 g/mol. The summed E-state index contributed by atoms with van der Waals surface area (Å²) in [5.74, 6) is -1.01. The summed E-state index contributed by atoms with van der Waals surface area (Å²) in [6.45, 7) is 3.87. The van der Waals surface area contributed by atoms with E-state index in [0.717, 1.165) is 22.0 Å². The van der Waals surface area contributed by atoms with Crippen molar-refractivity contribution < 1.29 is 9.21 Å². The number of nitrogens with zero attached hydrogens (tertiary/aromatic N) is 1. The number of pyridine rings is 1. The van der Waals surface area contributed by atoms with Crippen molar-refractivity contribution in [2.75, 3.05) is 5.32 Å². The number of nitrogens with one attached hydrogen (secondary N) is 2. The molecular formula is C20H17N3O4. The maximum absolute atomic E-state index is 12.6. The van der Waals surface area contributed by atoms with Gasteiger partial charge in [0, 0.05) is 18.8 Å². The molecule has 4 rings (SSSR count). The predicted molar refractivity (Wildman–Crippen MR) is 103 cm³/mol. The normalized spacial score (nSPS) is 11.2. The Morgan fingerprint density at radius 3 is 2.67 bits per heavy atom. The number of amides is 1. The van der Waals surface area contributed by atoms with Crippen LogP contribution >= 0.6 is 0 Å². The number of aromatic amines is 1. The molecule has 0 unspecified atom stereocenters. The lowest BCUT2D eigenvalue weighted by Crippen LogP contribution is -2.23. The topological polar surface area (TPSA) is 97.1 Å². The quantitative estimate of drug-likeness (QED) is 0.572. The Hall–Kier alpha value is -3.61. The predicted octanol–water partition coefficient (Wildman–Crippen LogP) is 2.84. The summed E-state index contributed by atoms with van der Waals surface area (Å²) in [5, 5.41) is 3.48. The Morgan fingerprint density at radius 1 is 1.11 bits per heavy atom. The van der Waals surface area contributed by atoms with Crippen LogP contribution in [0.5, 0.6) is 0 Å². The van der Waals surface area contributed by atoms with Gasteiger partial charge in [-0.05, 0) is 49.1 Å². The Balaban J connectivity index is 1.73. The molecule has 2 heterocycles. The highest BCUT2D eigenvalue weighted by Crippen LogP contribution is 2.20. The number of oxazole rings is 1. The highest BCUT2D eigenvalue weighted by Gasteiger charge is 2.14. The van der Waals surface area contributed by atoms with Crippen LogP contribution in [0.1, 0.15) is 21.5 Å². The molecule has 136 valence electrons. The molecule has 0 bridgehead atoms. The molecule has 0 saturated carbocycles. The summed E-state index contributed by atoms with van der Waals surface area (Å²) in [5.41, 5.74) is 3.67. The number of hydrogen-bond acceptors (Lipinski definition) is 4. The summed E-state index contributed by atoms with van der Waals surface area (Å²) in [6, 6.07) is 10.4. The van der Waals surface area contributed by atoms with Gasteiger partial charge in [0.05, 0.1) is 11.0 Å². The molecule has 0 fully saturated rings. The fraction of sp³-hybridized carbons (Fsp3) is 0.150. The minimum atomic E-state index is -0.532. The summed E-state index contributed by atoms with van der Waals surface area (Å²) >= 11 is 0. The average Bonchev–Trinajstić information content (AvgIpc) is 2.89. The molecule has 2 aromatic heterocycles. The van der Waals surface area contributed by atoms with Gasteiger partial charge in [0.1, 0.15) is 5.56 Å². The second-order valence-electron chi connectivity index (χ2n) is 6.62. The van der Waals surface area contributed by atoms with Crippen LogP contribution in [0.2, 0.25) is 0 Å². The second-order valence-corrected chi connectivity index (χ2v) is 6.62. The fourth-order valence-electron chi connectivity index (χ4n) is 3.27. The zero-order chi connectivity index (χ0) is 19.3. The third-order valence-corrected chi connectivity index (χ3v) is 4.59. The number of aryl methyl sites for hydroxylation is 3. The van der Waals surface area contributed by atoms with Crippen LogP contribution in [-0.2, 0) is 7.05 Å². The first-order valence-corrected chi connectivity index (χ1v) is 8.39. The molecule has 0 saturated heterocycles. The van der Waals surface area contributed by atoms with Gasteiger partial charge in [-0.15, -0.1) is 0 Å². The number of carbonyl (C=O) groups is 1. The van der Waals surface area contributed by atoms with Crippen molar-refractivity contribution >= 4 is 33.6 Å². The molecule has 0 radical (unpaired) electrons. The number of H-pyrrole nitrogens is 1. The third-order valence-electron chi connectivity index (χ3n) is 4.59. The average molecular weight is 363 g/mol. The van der Waals surface area contributed by atoms with Gasteiger partial charge < -0.3 is 14.7 Å². The van der Waals surface area contributed by atoms with E-state index < -0.39 is 17.2 Å². The minimum absolute atomic E-state index is 0.0158. The van der Waals surface area contributed by atoms with Crippen molar-refractivity contribution in [3.8, 4) is 0 Å². The van der Waals surface area contributed by atoms with Gasteiger partial charge in [0.2, 0.25) is 0 Å². The van der Waals surface area contributed by atoms with Gasteiger partial charge in [-0.25, -0.2) is 4.79 Å². The largest absolute Gasteiger partial charge is 0.419 e. The van der Waals surface area contributed by atoms with Gasteiger partial charge in [-0.3, -0.25) is 14.2 Å². The van der Waals surface area contributed by atoms with E-state index in [1.807, 2.05) is 26.0 Å². The number of rotatable bonds is 2. The SMILES string of the molecule is Cc1cc(C)c2[nH]c(=O)c(C(=O)Nc3ccc4c(c3)oc(=O)n4C)cc2c1. The molecule has 0 atom stereocenters. The zero-order valence-corrected chi connectivity index (χ0v) is 15.0. The van der Waals surface area contributed by atoms with E-state index in [4.69, 9.17) is 4.42 Å². The third kappa shape index (κ3) is 2.83. The lowest BCUT2D eigenvalue weighted by Gasteiger charge is -2.08. The van der Waals surface area contributed by atoms with Crippen LogP contribution in [0.15, 0.2) is 50.4 Å². The summed E-state index contributed by atoms with van der Waals surface area (Å²) in [6.07, 6.45) is 0. The van der Waals surface area contributed by atoms with Crippen molar-refractivity contribution in [2.24, 2.45) is 7.05 Å². The molecule has 0 aliphatic heterocycles. The van der Waals surface area contributed by atoms with Crippen LogP contribution in [0, 0.1) is 13.8 Å². The maximum atomic E-state index is 12.6. The summed E-state index contributed by atoms with van der Waals surface area (Å²) in [7, 11) is 1.60. The Morgan fingerprint density at radius 2 is 1.89 bits per heavy atom. The van der Waals surface area contributed by atoms with Crippen molar-refractivity contribution in [1.82, 2.24) is 9.55 Å². The minimum Gasteiger partial charge on any atom is -0.408 e. The smallest absolute Gasteiger partial charge is 0.408 e. The summed E-state index contributed by atoms with van der Waals surface area (Å²) in [4.78, 5) is 39.4. The van der Waals surface area contributed by atoms with E-state index >= 15 is 0 Å². The van der Waals surface area contributed by atoms with Crippen LogP contribution in [0.4, 0.5) is 5.69 Å². The number of carbonyl (C=O) groups excluding carboxylic acids is 1. The van der Waals surface area contributed by atoms with Gasteiger partial charge in [0.15, 0.2) is 5.58 Å². The fourth-order valence-corrected chi connectivity index (χ4v) is 3.27.